The molecule has 2 aromatic rings. The quantitative estimate of drug-likeness (QED) is 0.594. The number of alkyl halides is 1. The summed E-state index contributed by atoms with van der Waals surface area (Å²) in [7, 11) is 0. The molecule has 17 heavy (non-hydrogen) atoms. The van der Waals surface area contributed by atoms with Crippen molar-refractivity contribution in [3.05, 3.63) is 55.7 Å². The summed E-state index contributed by atoms with van der Waals surface area (Å²) in [6, 6.07) is 5.42. The lowest BCUT2D eigenvalue weighted by atomic mass is 10.1. The first kappa shape index (κ1) is 13.3. The molecule has 1 unspecified atom stereocenters. The van der Waals surface area contributed by atoms with Gasteiger partial charge in [-0.05, 0) is 23.8 Å². The van der Waals surface area contributed by atoms with Gasteiger partial charge in [0, 0.05) is 5.56 Å². The van der Waals surface area contributed by atoms with Gasteiger partial charge in [0.05, 0.1) is 13.5 Å². The van der Waals surface area contributed by atoms with Gasteiger partial charge in [-0.25, -0.2) is 8.78 Å². The largest absolute Gasteiger partial charge is 0.204 e. The van der Waals surface area contributed by atoms with Gasteiger partial charge in [-0.1, -0.05) is 45.2 Å². The maximum atomic E-state index is 13.1. The number of hydrogen-bond acceptors (Lipinski definition) is 1. The number of rotatable bonds is 2. The first-order valence-electron chi connectivity index (χ1n) is 4.53. The molecule has 0 N–H and O–H groups in total. The van der Waals surface area contributed by atoms with Gasteiger partial charge in [-0.15, -0.1) is 11.3 Å². The summed E-state index contributed by atoms with van der Waals surface area (Å²) in [4.78, 5) is -0.311. The smallest absolute Gasteiger partial charge is 0.159 e. The van der Waals surface area contributed by atoms with Crippen molar-refractivity contribution in [2.75, 3.05) is 0 Å². The maximum Gasteiger partial charge on any atom is 0.159 e. The second-order valence-electron chi connectivity index (χ2n) is 3.32. The minimum Gasteiger partial charge on any atom is -0.204 e. The zero-order valence-electron chi connectivity index (χ0n) is 8.18. The van der Waals surface area contributed by atoms with Crippen LogP contribution >= 0.6 is 50.5 Å². The van der Waals surface area contributed by atoms with Gasteiger partial charge < -0.3 is 0 Å². The van der Waals surface area contributed by atoms with Gasteiger partial charge in [-0.2, -0.15) is 0 Å². The van der Waals surface area contributed by atoms with Crippen LogP contribution in [-0.4, -0.2) is 0 Å². The summed E-state index contributed by atoms with van der Waals surface area (Å²) in [6.45, 7) is 0. The third-order valence-corrected chi connectivity index (χ3v) is 4.73. The zero-order valence-corrected chi connectivity index (χ0v) is 12.1. The highest BCUT2D eigenvalue weighted by atomic mass is 79.9. The summed E-state index contributed by atoms with van der Waals surface area (Å²) in [6.07, 6.45) is 0. The van der Waals surface area contributed by atoms with E-state index in [0.717, 1.165) is 17.7 Å². The van der Waals surface area contributed by atoms with E-state index in [1.807, 2.05) is 0 Å². The standard InChI is InChI=1S/C11H5BrCl2F2S/c12-10(6-4-9(13)17-11(6)14)5-1-2-7(15)8(16)3-5/h1-4,10H. The second-order valence-corrected chi connectivity index (χ2v) is 6.52. The molecule has 1 aromatic heterocycles. The Hall–Kier alpha value is -0.160. The molecule has 2 rings (SSSR count). The molecule has 0 nitrogen and oxygen atoms in total. The van der Waals surface area contributed by atoms with Gasteiger partial charge in [0.1, 0.15) is 0 Å². The van der Waals surface area contributed by atoms with Crippen LogP contribution < -0.4 is 0 Å². The van der Waals surface area contributed by atoms with Crippen molar-refractivity contribution in [3.8, 4) is 0 Å². The summed E-state index contributed by atoms with van der Waals surface area (Å²) in [5.74, 6) is -1.76. The summed E-state index contributed by atoms with van der Waals surface area (Å²) < 4.78 is 27.0. The van der Waals surface area contributed by atoms with Crippen LogP contribution in [0.25, 0.3) is 0 Å². The molecule has 1 aromatic carbocycles. The van der Waals surface area contributed by atoms with Gasteiger partial charge >= 0.3 is 0 Å². The van der Waals surface area contributed by atoms with Crippen LogP contribution in [-0.2, 0) is 0 Å². The molecule has 0 bridgehead atoms. The summed E-state index contributed by atoms with van der Waals surface area (Å²) in [5, 5.41) is 0. The predicted molar refractivity (Wildman–Crippen MR) is 71.5 cm³/mol. The van der Waals surface area contributed by atoms with E-state index in [1.54, 1.807) is 6.07 Å². The molecule has 0 saturated carbocycles. The Morgan fingerprint density at radius 2 is 1.82 bits per heavy atom. The Morgan fingerprint density at radius 1 is 1.12 bits per heavy atom. The van der Waals surface area contributed by atoms with Crippen molar-refractivity contribution in [1.29, 1.82) is 0 Å². The van der Waals surface area contributed by atoms with Crippen molar-refractivity contribution in [2.45, 2.75) is 4.83 Å². The molecule has 90 valence electrons. The van der Waals surface area contributed by atoms with E-state index >= 15 is 0 Å². The van der Waals surface area contributed by atoms with Crippen molar-refractivity contribution >= 4 is 50.5 Å². The van der Waals surface area contributed by atoms with E-state index in [2.05, 4.69) is 15.9 Å². The molecule has 0 aliphatic carbocycles. The summed E-state index contributed by atoms with van der Waals surface area (Å²) >= 11 is 16.5. The molecule has 1 heterocycles. The predicted octanol–water partition coefficient (Wildman–Crippen LogP) is 5.82. The number of halogens is 5. The van der Waals surface area contributed by atoms with Crippen molar-refractivity contribution in [2.24, 2.45) is 0 Å². The normalized spacial score (nSPS) is 12.8. The van der Waals surface area contributed by atoms with Gasteiger partial charge in [0.15, 0.2) is 11.6 Å². The SMILES string of the molecule is Fc1ccc(C(Br)c2cc(Cl)sc2Cl)cc1F. The molecule has 6 heteroatoms. The Morgan fingerprint density at radius 3 is 2.35 bits per heavy atom. The Labute approximate surface area is 119 Å². The minimum atomic E-state index is -0.885. The highest BCUT2D eigenvalue weighted by Crippen LogP contribution is 2.41. The van der Waals surface area contributed by atoms with E-state index in [-0.39, 0.29) is 4.83 Å². The average molecular weight is 358 g/mol. The Kier molecular flexibility index (Phi) is 4.08. The fraction of sp³-hybridized carbons (Fsp3) is 0.0909. The van der Waals surface area contributed by atoms with E-state index in [0.29, 0.717) is 14.2 Å². The first-order chi connectivity index (χ1) is 7.99. The van der Waals surface area contributed by atoms with E-state index in [9.17, 15) is 8.78 Å². The molecule has 0 aliphatic heterocycles. The molecule has 0 amide bonds. The maximum absolute atomic E-state index is 13.1. The van der Waals surface area contributed by atoms with E-state index < -0.39 is 11.6 Å². The van der Waals surface area contributed by atoms with Crippen LogP contribution in [0.3, 0.4) is 0 Å². The molecule has 0 fully saturated rings. The molecule has 0 aliphatic rings. The first-order valence-corrected chi connectivity index (χ1v) is 7.01. The number of benzene rings is 1. The van der Waals surface area contributed by atoms with Gasteiger partial charge in [0.25, 0.3) is 0 Å². The second kappa shape index (κ2) is 5.22. The van der Waals surface area contributed by atoms with Crippen molar-refractivity contribution < 1.29 is 8.78 Å². The molecule has 0 radical (unpaired) electrons. The van der Waals surface area contributed by atoms with Crippen LogP contribution in [0.2, 0.25) is 8.67 Å². The molecular formula is C11H5BrCl2F2S. The summed E-state index contributed by atoms with van der Waals surface area (Å²) in [5.41, 5.74) is 1.33. The third kappa shape index (κ3) is 2.81. The highest BCUT2D eigenvalue weighted by molar-refractivity contribution is 9.09. The number of thiophene rings is 1. The molecule has 0 spiro atoms. The zero-order chi connectivity index (χ0) is 12.6. The highest BCUT2D eigenvalue weighted by Gasteiger charge is 2.18. The Bertz CT molecular complexity index is 556. The minimum absolute atomic E-state index is 0.311. The van der Waals surface area contributed by atoms with Crippen LogP contribution in [0, 0.1) is 11.6 Å². The molecular weight excluding hydrogens is 353 g/mol. The van der Waals surface area contributed by atoms with E-state index in [1.165, 1.54) is 17.4 Å². The van der Waals surface area contributed by atoms with Crippen LogP contribution in [0.1, 0.15) is 16.0 Å². The lowest BCUT2D eigenvalue weighted by Gasteiger charge is -2.09. The molecule has 0 saturated heterocycles. The van der Waals surface area contributed by atoms with E-state index in [4.69, 9.17) is 23.2 Å². The number of hydrogen-bond donors (Lipinski definition) is 0. The van der Waals surface area contributed by atoms with Crippen LogP contribution in [0.15, 0.2) is 24.3 Å². The fourth-order valence-corrected chi connectivity index (χ4v) is 3.84. The fourth-order valence-electron chi connectivity index (χ4n) is 1.38. The van der Waals surface area contributed by atoms with Gasteiger partial charge in [0.2, 0.25) is 0 Å². The average Bonchev–Trinajstić information content (AvgIpc) is 2.61. The van der Waals surface area contributed by atoms with Crippen molar-refractivity contribution in [1.82, 2.24) is 0 Å². The van der Waals surface area contributed by atoms with Crippen LogP contribution in [0.5, 0.6) is 0 Å². The lowest BCUT2D eigenvalue weighted by Crippen LogP contribution is -1.94. The van der Waals surface area contributed by atoms with Gasteiger partial charge in [-0.3, -0.25) is 0 Å². The monoisotopic (exact) mass is 356 g/mol. The Balaban J connectivity index is 2.40. The van der Waals surface area contributed by atoms with Crippen LogP contribution in [0.4, 0.5) is 8.78 Å². The third-order valence-electron chi connectivity index (χ3n) is 2.19. The topological polar surface area (TPSA) is 0 Å². The van der Waals surface area contributed by atoms with Crippen molar-refractivity contribution in [3.63, 3.8) is 0 Å². The lowest BCUT2D eigenvalue weighted by molar-refractivity contribution is 0.507. The molecule has 1 atom stereocenters.